The Labute approximate surface area is 115 Å². The van der Waals surface area contributed by atoms with Crippen LogP contribution in [0.2, 0.25) is 0 Å². The van der Waals surface area contributed by atoms with Crippen molar-refractivity contribution in [3.8, 4) is 0 Å². The minimum atomic E-state index is -0.351. The molecule has 1 fully saturated rings. The molecule has 18 heavy (non-hydrogen) atoms. The largest absolute Gasteiger partial charge is 0.379 e. The first kappa shape index (κ1) is 13.5. The van der Waals surface area contributed by atoms with Gasteiger partial charge >= 0.3 is 0 Å². The SMILES string of the molecule is CNC(=O)C(c1cccc(Br)n1)N1CCOCC1. The smallest absolute Gasteiger partial charge is 0.243 e. The third-order valence-corrected chi connectivity index (χ3v) is 3.36. The molecule has 2 heterocycles. The molecule has 0 aromatic carbocycles. The molecule has 0 spiro atoms. The molecule has 0 radical (unpaired) electrons. The van der Waals surface area contributed by atoms with Crippen LogP contribution in [0.3, 0.4) is 0 Å². The molecule has 98 valence electrons. The third kappa shape index (κ3) is 3.07. The zero-order valence-electron chi connectivity index (χ0n) is 10.2. The highest BCUT2D eigenvalue weighted by Crippen LogP contribution is 2.21. The predicted octanol–water partition coefficient (Wildman–Crippen LogP) is 0.963. The number of halogens is 1. The number of nitrogens with one attached hydrogen (secondary N) is 1. The van der Waals surface area contributed by atoms with Crippen LogP contribution in [-0.4, -0.2) is 49.1 Å². The molecule has 1 N–H and O–H groups in total. The molecule has 1 aromatic heterocycles. The molecule has 1 atom stereocenters. The van der Waals surface area contributed by atoms with Crippen molar-refractivity contribution in [2.45, 2.75) is 6.04 Å². The highest BCUT2D eigenvalue weighted by Gasteiger charge is 2.29. The molecule has 2 rings (SSSR count). The van der Waals surface area contributed by atoms with Gasteiger partial charge in [0.1, 0.15) is 10.6 Å². The molecule has 1 aromatic rings. The number of carbonyl (C=O) groups excluding carboxylic acids is 1. The molecule has 0 bridgehead atoms. The molecule has 5 nitrogen and oxygen atoms in total. The number of carbonyl (C=O) groups is 1. The van der Waals surface area contributed by atoms with E-state index in [1.165, 1.54) is 0 Å². The van der Waals surface area contributed by atoms with E-state index in [2.05, 4.69) is 31.1 Å². The van der Waals surface area contributed by atoms with E-state index in [4.69, 9.17) is 4.74 Å². The highest BCUT2D eigenvalue weighted by atomic mass is 79.9. The van der Waals surface area contributed by atoms with Crippen molar-refractivity contribution in [3.63, 3.8) is 0 Å². The van der Waals surface area contributed by atoms with Gasteiger partial charge in [-0.15, -0.1) is 0 Å². The van der Waals surface area contributed by atoms with Crippen molar-refractivity contribution in [2.75, 3.05) is 33.4 Å². The van der Waals surface area contributed by atoms with Crippen LogP contribution in [0.5, 0.6) is 0 Å². The van der Waals surface area contributed by atoms with E-state index in [1.54, 1.807) is 7.05 Å². The van der Waals surface area contributed by atoms with Gasteiger partial charge in [-0.25, -0.2) is 4.98 Å². The van der Waals surface area contributed by atoms with E-state index in [0.717, 1.165) is 23.4 Å². The summed E-state index contributed by atoms with van der Waals surface area (Å²) in [7, 11) is 1.65. The molecule has 1 aliphatic heterocycles. The topological polar surface area (TPSA) is 54.5 Å². The highest BCUT2D eigenvalue weighted by molar-refractivity contribution is 9.10. The van der Waals surface area contributed by atoms with Gasteiger partial charge < -0.3 is 10.1 Å². The lowest BCUT2D eigenvalue weighted by Gasteiger charge is -2.32. The van der Waals surface area contributed by atoms with Gasteiger partial charge in [0.2, 0.25) is 5.91 Å². The summed E-state index contributed by atoms with van der Waals surface area (Å²) in [6.07, 6.45) is 0. The number of morpholine rings is 1. The second-order valence-corrected chi connectivity index (χ2v) is 4.86. The Kier molecular flexibility index (Phi) is 4.68. The molecular weight excluding hydrogens is 298 g/mol. The Hall–Kier alpha value is -0.980. The molecule has 1 amide bonds. The van der Waals surface area contributed by atoms with E-state index in [-0.39, 0.29) is 11.9 Å². The van der Waals surface area contributed by atoms with Crippen molar-refractivity contribution < 1.29 is 9.53 Å². The standard InChI is InChI=1S/C12H16BrN3O2/c1-14-12(17)11(16-5-7-18-8-6-16)9-3-2-4-10(13)15-9/h2-4,11H,5-8H2,1H3,(H,14,17). The molecule has 6 heteroatoms. The predicted molar refractivity (Wildman–Crippen MR) is 71.1 cm³/mol. The Morgan fingerprint density at radius 1 is 1.50 bits per heavy atom. The average molecular weight is 314 g/mol. The lowest BCUT2D eigenvalue weighted by Crippen LogP contribution is -2.45. The maximum Gasteiger partial charge on any atom is 0.243 e. The van der Waals surface area contributed by atoms with Gasteiger partial charge in [0.05, 0.1) is 18.9 Å². The van der Waals surface area contributed by atoms with Crippen molar-refractivity contribution in [2.24, 2.45) is 0 Å². The first-order chi connectivity index (χ1) is 8.72. The first-order valence-electron chi connectivity index (χ1n) is 5.88. The Morgan fingerprint density at radius 2 is 2.22 bits per heavy atom. The summed E-state index contributed by atoms with van der Waals surface area (Å²) in [4.78, 5) is 18.6. The summed E-state index contributed by atoms with van der Waals surface area (Å²) in [5.74, 6) is -0.0394. The van der Waals surface area contributed by atoms with E-state index in [1.807, 2.05) is 18.2 Å². The second kappa shape index (κ2) is 6.26. The summed E-state index contributed by atoms with van der Waals surface area (Å²) >= 11 is 3.34. The Morgan fingerprint density at radius 3 is 2.83 bits per heavy atom. The summed E-state index contributed by atoms with van der Waals surface area (Å²) in [5.41, 5.74) is 0.755. The van der Waals surface area contributed by atoms with Gasteiger partial charge in [-0.3, -0.25) is 9.69 Å². The van der Waals surface area contributed by atoms with Gasteiger partial charge in [0.25, 0.3) is 0 Å². The van der Waals surface area contributed by atoms with Crippen LogP contribution in [0.1, 0.15) is 11.7 Å². The second-order valence-electron chi connectivity index (χ2n) is 4.05. The zero-order chi connectivity index (χ0) is 13.0. The molecular formula is C12H16BrN3O2. The van der Waals surface area contributed by atoms with Crippen LogP contribution in [-0.2, 0) is 9.53 Å². The van der Waals surface area contributed by atoms with Crippen molar-refractivity contribution >= 4 is 21.8 Å². The molecule has 1 aliphatic rings. The van der Waals surface area contributed by atoms with Gasteiger partial charge in [-0.2, -0.15) is 0 Å². The number of pyridine rings is 1. The summed E-state index contributed by atoms with van der Waals surface area (Å²) in [6, 6.07) is 5.27. The van der Waals surface area contributed by atoms with Crippen LogP contribution >= 0.6 is 15.9 Å². The number of hydrogen-bond acceptors (Lipinski definition) is 4. The van der Waals surface area contributed by atoms with Gasteiger partial charge in [-0.1, -0.05) is 6.07 Å². The fraction of sp³-hybridized carbons (Fsp3) is 0.500. The number of amides is 1. The minimum absolute atomic E-state index is 0.0394. The minimum Gasteiger partial charge on any atom is -0.379 e. The fourth-order valence-corrected chi connectivity index (χ4v) is 2.39. The van der Waals surface area contributed by atoms with E-state index in [0.29, 0.717) is 13.2 Å². The number of hydrogen-bond donors (Lipinski definition) is 1. The van der Waals surface area contributed by atoms with Crippen molar-refractivity contribution in [3.05, 3.63) is 28.5 Å². The third-order valence-electron chi connectivity index (χ3n) is 2.92. The number of nitrogens with zero attached hydrogens (tertiary/aromatic N) is 2. The average Bonchev–Trinajstić information content (AvgIpc) is 2.40. The van der Waals surface area contributed by atoms with Crippen LogP contribution < -0.4 is 5.32 Å². The molecule has 1 unspecified atom stereocenters. The number of likely N-dealkylation sites (N-methyl/N-ethyl adjacent to an activating group) is 1. The van der Waals surface area contributed by atoms with Gasteiger partial charge in [0.15, 0.2) is 0 Å². The Balaban J connectivity index is 2.26. The number of aromatic nitrogens is 1. The van der Waals surface area contributed by atoms with Crippen molar-refractivity contribution in [1.29, 1.82) is 0 Å². The van der Waals surface area contributed by atoms with Crippen LogP contribution in [0.4, 0.5) is 0 Å². The lowest BCUT2D eigenvalue weighted by molar-refractivity contribution is -0.128. The summed E-state index contributed by atoms with van der Waals surface area (Å²) < 4.78 is 6.06. The van der Waals surface area contributed by atoms with Crippen LogP contribution in [0, 0.1) is 0 Å². The van der Waals surface area contributed by atoms with Crippen LogP contribution in [0.15, 0.2) is 22.8 Å². The molecule has 0 aliphatic carbocycles. The van der Waals surface area contributed by atoms with E-state index in [9.17, 15) is 4.79 Å². The molecule has 1 saturated heterocycles. The quantitative estimate of drug-likeness (QED) is 0.845. The van der Waals surface area contributed by atoms with E-state index >= 15 is 0 Å². The Bertz CT molecular complexity index is 422. The fourth-order valence-electron chi connectivity index (χ4n) is 2.04. The van der Waals surface area contributed by atoms with E-state index < -0.39 is 0 Å². The van der Waals surface area contributed by atoms with Gasteiger partial charge in [0, 0.05) is 20.1 Å². The van der Waals surface area contributed by atoms with Gasteiger partial charge in [-0.05, 0) is 28.1 Å². The zero-order valence-corrected chi connectivity index (χ0v) is 11.8. The van der Waals surface area contributed by atoms with Crippen LogP contribution in [0.25, 0.3) is 0 Å². The normalized spacial score (nSPS) is 18.3. The van der Waals surface area contributed by atoms with Crippen molar-refractivity contribution in [1.82, 2.24) is 15.2 Å². The molecule has 0 saturated carbocycles. The lowest BCUT2D eigenvalue weighted by atomic mass is 10.1. The number of rotatable bonds is 3. The maximum absolute atomic E-state index is 12.1. The number of ether oxygens (including phenoxy) is 1. The first-order valence-corrected chi connectivity index (χ1v) is 6.67. The maximum atomic E-state index is 12.1. The summed E-state index contributed by atoms with van der Waals surface area (Å²) in [5, 5.41) is 2.70. The summed E-state index contributed by atoms with van der Waals surface area (Å²) in [6.45, 7) is 2.79. The monoisotopic (exact) mass is 313 g/mol.